The Morgan fingerprint density at radius 2 is 2.14 bits per heavy atom. The normalized spacial score (nSPS) is 10.8. The highest BCUT2D eigenvalue weighted by molar-refractivity contribution is 7.13. The number of nitrogens with one attached hydrogen (secondary N) is 1. The van der Waals surface area contributed by atoms with Crippen LogP contribution in [0.1, 0.15) is 54.9 Å². The van der Waals surface area contributed by atoms with Crippen LogP contribution in [0, 0.1) is 6.92 Å². The van der Waals surface area contributed by atoms with Gasteiger partial charge in [0.05, 0.1) is 4.88 Å². The number of unbranched alkanes of at least 4 members (excludes halogenated alkanes) is 4. The number of rotatable bonds is 8. The Labute approximate surface area is 134 Å². The van der Waals surface area contributed by atoms with Crippen molar-refractivity contribution >= 4 is 23.1 Å². The number of aromatic nitrogens is 1. The standard InChI is InChI=1S/C16H23N3O2S/c1-3-4-5-6-7-9-18-16(20)12-13(19-21-15(12)17)14-11(2)8-10-22-14/h8,10H,3-7,9,17H2,1-2H3,(H,18,20). The summed E-state index contributed by atoms with van der Waals surface area (Å²) in [6, 6.07) is 1.99. The van der Waals surface area contributed by atoms with Gasteiger partial charge in [-0.3, -0.25) is 4.79 Å². The smallest absolute Gasteiger partial charge is 0.259 e. The quantitative estimate of drug-likeness (QED) is 0.720. The molecule has 0 aliphatic carbocycles. The molecule has 0 aliphatic heterocycles. The van der Waals surface area contributed by atoms with Crippen LogP contribution >= 0.6 is 11.3 Å². The number of nitrogens with two attached hydrogens (primary N) is 1. The zero-order valence-electron chi connectivity index (χ0n) is 13.1. The minimum atomic E-state index is -0.211. The number of nitrogen functional groups attached to an aromatic ring is 1. The summed E-state index contributed by atoms with van der Waals surface area (Å²) in [5.74, 6) is -0.136. The van der Waals surface area contributed by atoms with Crippen molar-refractivity contribution < 1.29 is 9.32 Å². The lowest BCUT2D eigenvalue weighted by molar-refractivity contribution is 0.0954. The Morgan fingerprint density at radius 3 is 2.82 bits per heavy atom. The van der Waals surface area contributed by atoms with E-state index in [1.165, 1.54) is 30.6 Å². The summed E-state index contributed by atoms with van der Waals surface area (Å²) in [5, 5.41) is 8.83. The molecule has 0 saturated heterocycles. The van der Waals surface area contributed by atoms with Gasteiger partial charge in [-0.25, -0.2) is 0 Å². The van der Waals surface area contributed by atoms with Crippen molar-refractivity contribution in [3.63, 3.8) is 0 Å². The van der Waals surface area contributed by atoms with Gasteiger partial charge in [0.2, 0.25) is 5.88 Å². The third kappa shape index (κ3) is 3.88. The minimum Gasteiger partial charge on any atom is -0.367 e. The fourth-order valence-electron chi connectivity index (χ4n) is 2.31. The molecule has 0 saturated carbocycles. The first-order chi connectivity index (χ1) is 10.6. The van der Waals surface area contributed by atoms with Crippen LogP contribution in [0.2, 0.25) is 0 Å². The van der Waals surface area contributed by atoms with Crippen molar-refractivity contribution in [1.29, 1.82) is 0 Å². The zero-order valence-corrected chi connectivity index (χ0v) is 14.0. The van der Waals surface area contributed by atoms with E-state index in [2.05, 4.69) is 17.4 Å². The largest absolute Gasteiger partial charge is 0.367 e. The summed E-state index contributed by atoms with van der Waals surface area (Å²) in [6.45, 7) is 4.81. The van der Waals surface area contributed by atoms with E-state index in [1.54, 1.807) is 0 Å². The molecule has 120 valence electrons. The number of carbonyl (C=O) groups excluding carboxylic acids is 1. The van der Waals surface area contributed by atoms with Crippen LogP contribution in [0.4, 0.5) is 5.88 Å². The van der Waals surface area contributed by atoms with Crippen molar-refractivity contribution in [3.05, 3.63) is 22.6 Å². The number of anilines is 1. The van der Waals surface area contributed by atoms with E-state index in [0.717, 1.165) is 23.3 Å². The first kappa shape index (κ1) is 16.5. The average Bonchev–Trinajstić information content (AvgIpc) is 3.08. The van der Waals surface area contributed by atoms with Gasteiger partial charge in [0.25, 0.3) is 5.91 Å². The molecule has 6 heteroatoms. The summed E-state index contributed by atoms with van der Waals surface area (Å²) in [6.07, 6.45) is 5.78. The van der Waals surface area contributed by atoms with Gasteiger partial charge in [-0.2, -0.15) is 0 Å². The molecular weight excluding hydrogens is 298 g/mol. The maximum atomic E-state index is 12.4. The first-order valence-electron chi connectivity index (χ1n) is 7.73. The Morgan fingerprint density at radius 1 is 1.36 bits per heavy atom. The van der Waals surface area contributed by atoms with Gasteiger partial charge in [-0.15, -0.1) is 11.3 Å². The SMILES string of the molecule is CCCCCCCNC(=O)c1c(-c2sccc2C)noc1N. The van der Waals surface area contributed by atoms with Crippen LogP contribution in [0.15, 0.2) is 16.0 Å². The zero-order chi connectivity index (χ0) is 15.9. The fourth-order valence-corrected chi connectivity index (χ4v) is 3.22. The van der Waals surface area contributed by atoms with Crippen molar-refractivity contribution in [1.82, 2.24) is 10.5 Å². The van der Waals surface area contributed by atoms with Crippen LogP contribution < -0.4 is 11.1 Å². The Kier molecular flexibility index (Phi) is 6.00. The predicted octanol–water partition coefficient (Wildman–Crippen LogP) is 3.99. The fraction of sp³-hybridized carbons (Fsp3) is 0.500. The van der Waals surface area contributed by atoms with Crippen LogP contribution in [0.5, 0.6) is 0 Å². The molecular formula is C16H23N3O2S. The van der Waals surface area contributed by atoms with Gasteiger partial charge in [0, 0.05) is 6.54 Å². The molecule has 3 N–H and O–H groups in total. The number of hydrogen-bond donors (Lipinski definition) is 2. The molecule has 2 aromatic heterocycles. The van der Waals surface area contributed by atoms with Crippen LogP contribution in [-0.2, 0) is 0 Å². The highest BCUT2D eigenvalue weighted by Crippen LogP contribution is 2.33. The highest BCUT2D eigenvalue weighted by Gasteiger charge is 2.23. The number of carbonyl (C=O) groups is 1. The Hall–Kier alpha value is -1.82. The van der Waals surface area contributed by atoms with E-state index in [9.17, 15) is 4.79 Å². The van der Waals surface area contributed by atoms with E-state index < -0.39 is 0 Å². The summed E-state index contributed by atoms with van der Waals surface area (Å²) in [5.41, 5.74) is 7.73. The van der Waals surface area contributed by atoms with Crippen LogP contribution in [0.25, 0.3) is 10.6 Å². The Bertz CT molecular complexity index is 619. The number of thiophene rings is 1. The molecule has 0 atom stereocenters. The van der Waals surface area contributed by atoms with Crippen molar-refractivity contribution in [2.75, 3.05) is 12.3 Å². The second-order valence-corrected chi connectivity index (χ2v) is 6.29. The van der Waals surface area contributed by atoms with E-state index in [0.29, 0.717) is 17.8 Å². The molecule has 0 unspecified atom stereocenters. The summed E-state index contributed by atoms with van der Waals surface area (Å²) >= 11 is 1.53. The molecule has 2 aromatic rings. The third-order valence-corrected chi connectivity index (χ3v) is 4.61. The molecule has 0 aromatic carbocycles. The molecule has 0 spiro atoms. The third-order valence-electron chi connectivity index (χ3n) is 3.59. The van der Waals surface area contributed by atoms with Gasteiger partial charge >= 0.3 is 0 Å². The summed E-state index contributed by atoms with van der Waals surface area (Å²) in [7, 11) is 0. The topological polar surface area (TPSA) is 81.2 Å². The molecule has 1 amide bonds. The monoisotopic (exact) mass is 321 g/mol. The van der Waals surface area contributed by atoms with Crippen molar-refractivity contribution in [2.24, 2.45) is 0 Å². The van der Waals surface area contributed by atoms with Crippen LogP contribution in [0.3, 0.4) is 0 Å². The summed E-state index contributed by atoms with van der Waals surface area (Å²) < 4.78 is 5.03. The highest BCUT2D eigenvalue weighted by atomic mass is 32.1. The van der Waals surface area contributed by atoms with E-state index in [4.69, 9.17) is 10.3 Å². The summed E-state index contributed by atoms with van der Waals surface area (Å²) in [4.78, 5) is 13.3. The first-order valence-corrected chi connectivity index (χ1v) is 8.61. The van der Waals surface area contributed by atoms with Crippen molar-refractivity contribution in [2.45, 2.75) is 46.0 Å². The number of aryl methyl sites for hydroxylation is 1. The van der Waals surface area contributed by atoms with Gasteiger partial charge in [-0.1, -0.05) is 37.8 Å². The second-order valence-electron chi connectivity index (χ2n) is 5.37. The second kappa shape index (κ2) is 7.98. The maximum Gasteiger partial charge on any atom is 0.259 e. The average molecular weight is 321 g/mol. The lowest BCUT2D eigenvalue weighted by Crippen LogP contribution is -2.25. The van der Waals surface area contributed by atoms with Crippen LogP contribution in [-0.4, -0.2) is 17.6 Å². The predicted molar refractivity (Wildman–Crippen MR) is 90.1 cm³/mol. The number of hydrogen-bond acceptors (Lipinski definition) is 5. The molecule has 0 bridgehead atoms. The van der Waals surface area contributed by atoms with Gasteiger partial charge in [0.1, 0.15) is 11.3 Å². The Balaban J connectivity index is 1.98. The lowest BCUT2D eigenvalue weighted by Gasteiger charge is -2.05. The number of nitrogens with zero attached hydrogens (tertiary/aromatic N) is 1. The van der Waals surface area contributed by atoms with Crippen molar-refractivity contribution in [3.8, 4) is 10.6 Å². The molecule has 2 heterocycles. The van der Waals surface area contributed by atoms with Gasteiger partial charge < -0.3 is 15.6 Å². The molecule has 22 heavy (non-hydrogen) atoms. The lowest BCUT2D eigenvalue weighted by atomic mass is 10.1. The van der Waals surface area contributed by atoms with Gasteiger partial charge in [0.15, 0.2) is 0 Å². The molecule has 0 radical (unpaired) electrons. The number of amides is 1. The molecule has 0 fully saturated rings. The maximum absolute atomic E-state index is 12.4. The van der Waals surface area contributed by atoms with Gasteiger partial charge in [-0.05, 0) is 30.4 Å². The minimum absolute atomic E-state index is 0.0753. The molecule has 2 rings (SSSR count). The molecule has 5 nitrogen and oxygen atoms in total. The van der Waals surface area contributed by atoms with E-state index >= 15 is 0 Å². The molecule has 0 aliphatic rings. The van der Waals surface area contributed by atoms with E-state index in [-0.39, 0.29) is 11.8 Å². The van der Waals surface area contributed by atoms with E-state index in [1.807, 2.05) is 18.4 Å².